The Labute approximate surface area is 107 Å². The molecule has 0 spiro atoms. The Morgan fingerprint density at radius 1 is 1.22 bits per heavy atom. The van der Waals surface area contributed by atoms with Gasteiger partial charge in [-0.2, -0.15) is 0 Å². The molecule has 0 bridgehead atoms. The number of carbonyl (C=O) groups is 2. The predicted molar refractivity (Wildman–Crippen MR) is 69.4 cm³/mol. The number of likely N-dealkylation sites (N-methyl/N-ethyl adjacent to an activating group) is 1. The average Bonchev–Trinajstić information content (AvgIpc) is 2.37. The summed E-state index contributed by atoms with van der Waals surface area (Å²) in [7, 11) is 0. The zero-order chi connectivity index (χ0) is 13.5. The van der Waals surface area contributed by atoms with Crippen molar-refractivity contribution in [3.8, 4) is 0 Å². The minimum atomic E-state index is -0.979. The molecule has 0 heterocycles. The van der Waals surface area contributed by atoms with Crippen LogP contribution in [0.3, 0.4) is 0 Å². The lowest BCUT2D eigenvalue weighted by Crippen LogP contribution is -2.38. The highest BCUT2D eigenvalue weighted by Gasteiger charge is 2.24. The Morgan fingerprint density at radius 2 is 1.83 bits per heavy atom. The lowest BCUT2D eigenvalue weighted by Gasteiger charge is -2.24. The molecule has 0 fully saturated rings. The monoisotopic (exact) mass is 249 g/mol. The van der Waals surface area contributed by atoms with E-state index in [1.54, 1.807) is 6.92 Å². The number of carboxylic acid groups (broad SMARTS) is 1. The Kier molecular flexibility index (Phi) is 5.36. The number of benzene rings is 1. The number of rotatable bonds is 6. The molecule has 0 aromatic heterocycles. The van der Waals surface area contributed by atoms with Crippen molar-refractivity contribution in [2.24, 2.45) is 0 Å². The topological polar surface area (TPSA) is 57.6 Å². The molecule has 1 unspecified atom stereocenters. The fourth-order valence-corrected chi connectivity index (χ4v) is 1.97. The summed E-state index contributed by atoms with van der Waals surface area (Å²) >= 11 is 0. The molecular formula is C14H19NO3. The van der Waals surface area contributed by atoms with Gasteiger partial charge in [0, 0.05) is 6.54 Å². The molecule has 0 aliphatic rings. The molecule has 0 aliphatic heterocycles. The van der Waals surface area contributed by atoms with Gasteiger partial charge in [-0.3, -0.25) is 9.59 Å². The molecule has 98 valence electrons. The van der Waals surface area contributed by atoms with Gasteiger partial charge in [0.1, 0.15) is 6.54 Å². The first-order chi connectivity index (χ1) is 8.60. The van der Waals surface area contributed by atoms with E-state index in [0.717, 1.165) is 5.56 Å². The molecular weight excluding hydrogens is 230 g/mol. The second kappa shape index (κ2) is 6.79. The second-order valence-electron chi connectivity index (χ2n) is 4.12. The van der Waals surface area contributed by atoms with Crippen LogP contribution in [0.25, 0.3) is 0 Å². The van der Waals surface area contributed by atoms with Crippen molar-refractivity contribution >= 4 is 11.9 Å². The number of hydrogen-bond donors (Lipinski definition) is 1. The number of nitrogens with zero attached hydrogens (tertiary/aromatic N) is 1. The van der Waals surface area contributed by atoms with Gasteiger partial charge in [0.2, 0.25) is 5.91 Å². The van der Waals surface area contributed by atoms with Crippen LogP contribution in [-0.2, 0) is 9.59 Å². The molecule has 18 heavy (non-hydrogen) atoms. The fourth-order valence-electron chi connectivity index (χ4n) is 1.97. The lowest BCUT2D eigenvalue weighted by atomic mass is 9.95. The first-order valence-corrected chi connectivity index (χ1v) is 6.15. The van der Waals surface area contributed by atoms with Crippen LogP contribution in [0.1, 0.15) is 31.7 Å². The number of carbonyl (C=O) groups excluding carboxylic acids is 1. The highest BCUT2D eigenvalue weighted by Crippen LogP contribution is 2.21. The highest BCUT2D eigenvalue weighted by atomic mass is 16.4. The van der Waals surface area contributed by atoms with Crippen LogP contribution in [0.2, 0.25) is 0 Å². The van der Waals surface area contributed by atoms with Gasteiger partial charge in [0.15, 0.2) is 0 Å². The maximum Gasteiger partial charge on any atom is 0.323 e. The van der Waals surface area contributed by atoms with Gasteiger partial charge in [0.25, 0.3) is 0 Å². The third kappa shape index (κ3) is 3.58. The average molecular weight is 249 g/mol. The minimum absolute atomic E-state index is 0.117. The minimum Gasteiger partial charge on any atom is -0.480 e. The van der Waals surface area contributed by atoms with Crippen molar-refractivity contribution in [3.63, 3.8) is 0 Å². The van der Waals surface area contributed by atoms with E-state index < -0.39 is 5.97 Å². The summed E-state index contributed by atoms with van der Waals surface area (Å²) in [5, 5.41) is 8.80. The molecule has 1 aromatic rings. The van der Waals surface area contributed by atoms with Gasteiger partial charge >= 0.3 is 5.97 Å². The van der Waals surface area contributed by atoms with E-state index in [-0.39, 0.29) is 18.4 Å². The van der Waals surface area contributed by atoms with E-state index in [4.69, 9.17) is 5.11 Å². The summed E-state index contributed by atoms with van der Waals surface area (Å²) < 4.78 is 0. The molecule has 1 amide bonds. The maximum absolute atomic E-state index is 12.3. The molecule has 0 aliphatic carbocycles. The first kappa shape index (κ1) is 14.2. The quantitative estimate of drug-likeness (QED) is 0.840. The number of amides is 1. The van der Waals surface area contributed by atoms with Gasteiger partial charge in [-0.25, -0.2) is 0 Å². The normalized spacial score (nSPS) is 11.9. The van der Waals surface area contributed by atoms with Crippen molar-refractivity contribution in [2.45, 2.75) is 26.2 Å². The Bertz CT molecular complexity index is 403. The van der Waals surface area contributed by atoms with Crippen LogP contribution in [0, 0.1) is 0 Å². The number of carboxylic acids is 1. The summed E-state index contributed by atoms with van der Waals surface area (Å²) in [5.74, 6) is -1.35. The Morgan fingerprint density at radius 3 is 2.28 bits per heavy atom. The van der Waals surface area contributed by atoms with E-state index >= 15 is 0 Å². The summed E-state index contributed by atoms with van der Waals surface area (Å²) in [6.45, 7) is 3.90. The summed E-state index contributed by atoms with van der Waals surface area (Å²) in [4.78, 5) is 24.4. The molecule has 0 saturated carbocycles. The van der Waals surface area contributed by atoms with Gasteiger partial charge < -0.3 is 10.0 Å². The third-order valence-electron chi connectivity index (χ3n) is 2.93. The van der Waals surface area contributed by atoms with Crippen LogP contribution in [0.5, 0.6) is 0 Å². The van der Waals surface area contributed by atoms with Crippen molar-refractivity contribution in [1.29, 1.82) is 0 Å². The molecule has 1 atom stereocenters. The van der Waals surface area contributed by atoms with Crippen LogP contribution >= 0.6 is 0 Å². The van der Waals surface area contributed by atoms with Gasteiger partial charge in [-0.15, -0.1) is 0 Å². The van der Waals surface area contributed by atoms with Crippen molar-refractivity contribution in [3.05, 3.63) is 35.9 Å². The van der Waals surface area contributed by atoms with Gasteiger partial charge in [0.05, 0.1) is 5.92 Å². The summed E-state index contributed by atoms with van der Waals surface area (Å²) in [5.41, 5.74) is 0.939. The van der Waals surface area contributed by atoms with Crippen LogP contribution in [0.15, 0.2) is 30.3 Å². The highest BCUT2D eigenvalue weighted by molar-refractivity contribution is 5.86. The molecule has 4 heteroatoms. The standard InChI is InChI=1S/C14H19NO3/c1-3-12(11-8-6-5-7-9-11)14(18)15(4-2)10-13(16)17/h5-9,12H,3-4,10H2,1-2H3,(H,16,17). The van der Waals surface area contributed by atoms with E-state index in [0.29, 0.717) is 13.0 Å². The van der Waals surface area contributed by atoms with E-state index in [9.17, 15) is 9.59 Å². The van der Waals surface area contributed by atoms with Crippen molar-refractivity contribution in [2.75, 3.05) is 13.1 Å². The Balaban J connectivity index is 2.87. The molecule has 1 rings (SSSR count). The number of aliphatic carboxylic acids is 1. The fraction of sp³-hybridized carbons (Fsp3) is 0.429. The lowest BCUT2D eigenvalue weighted by molar-refractivity contribution is -0.145. The predicted octanol–water partition coefficient (Wildman–Crippen LogP) is 2.11. The van der Waals surface area contributed by atoms with Crippen molar-refractivity contribution in [1.82, 2.24) is 4.90 Å². The largest absolute Gasteiger partial charge is 0.480 e. The summed E-state index contributed by atoms with van der Waals surface area (Å²) in [6.07, 6.45) is 0.666. The Hall–Kier alpha value is -1.84. The van der Waals surface area contributed by atoms with Crippen molar-refractivity contribution < 1.29 is 14.7 Å². The second-order valence-corrected chi connectivity index (χ2v) is 4.12. The van der Waals surface area contributed by atoms with E-state index in [1.807, 2.05) is 37.3 Å². The molecule has 0 radical (unpaired) electrons. The van der Waals surface area contributed by atoms with E-state index in [2.05, 4.69) is 0 Å². The zero-order valence-corrected chi connectivity index (χ0v) is 10.8. The van der Waals surface area contributed by atoms with Crippen LogP contribution in [0.4, 0.5) is 0 Å². The molecule has 1 N–H and O–H groups in total. The third-order valence-corrected chi connectivity index (χ3v) is 2.93. The molecule has 1 aromatic carbocycles. The SMILES string of the molecule is CCC(C(=O)N(CC)CC(=O)O)c1ccccc1. The van der Waals surface area contributed by atoms with Crippen LogP contribution < -0.4 is 0 Å². The van der Waals surface area contributed by atoms with E-state index in [1.165, 1.54) is 4.90 Å². The smallest absolute Gasteiger partial charge is 0.323 e. The molecule has 4 nitrogen and oxygen atoms in total. The molecule has 0 saturated heterocycles. The number of hydrogen-bond acceptors (Lipinski definition) is 2. The first-order valence-electron chi connectivity index (χ1n) is 6.15. The van der Waals surface area contributed by atoms with Crippen LogP contribution in [-0.4, -0.2) is 35.0 Å². The van der Waals surface area contributed by atoms with Gasteiger partial charge in [-0.1, -0.05) is 37.3 Å². The maximum atomic E-state index is 12.3. The summed E-state index contributed by atoms with van der Waals surface area (Å²) in [6, 6.07) is 9.48. The zero-order valence-electron chi connectivity index (χ0n) is 10.8. The van der Waals surface area contributed by atoms with Gasteiger partial charge in [-0.05, 0) is 18.9 Å².